The van der Waals surface area contributed by atoms with E-state index >= 15 is 0 Å². The van der Waals surface area contributed by atoms with Crippen LogP contribution in [0.5, 0.6) is 0 Å². The quantitative estimate of drug-likeness (QED) is 0.810. The van der Waals surface area contributed by atoms with Crippen LogP contribution in [-0.2, 0) is 0 Å². The van der Waals surface area contributed by atoms with Crippen molar-refractivity contribution >= 4 is 24.0 Å². The van der Waals surface area contributed by atoms with Gasteiger partial charge in [-0.25, -0.2) is 0 Å². The van der Waals surface area contributed by atoms with Crippen molar-refractivity contribution in [2.24, 2.45) is 0 Å². The van der Waals surface area contributed by atoms with Gasteiger partial charge in [-0.1, -0.05) is 0 Å². The second kappa shape index (κ2) is 4.70. The molecule has 0 saturated heterocycles. The average Bonchev–Trinajstić information content (AvgIpc) is 2.59. The van der Waals surface area contributed by atoms with Crippen LogP contribution >= 0.6 is 24.0 Å². The van der Waals surface area contributed by atoms with Crippen LogP contribution in [0.25, 0.3) is 0 Å². The molecule has 0 unspecified atom stereocenters. The number of nitrogens with zero attached hydrogens (tertiary/aromatic N) is 2. The molecule has 15 heavy (non-hydrogen) atoms. The first-order valence-electron chi connectivity index (χ1n) is 5.38. The zero-order valence-electron chi connectivity index (χ0n) is 9.19. The molecule has 0 bridgehead atoms. The third-order valence-electron chi connectivity index (χ3n) is 3.22. The van der Waals surface area contributed by atoms with Crippen molar-refractivity contribution < 1.29 is 0 Å². The van der Waals surface area contributed by atoms with Gasteiger partial charge >= 0.3 is 0 Å². The number of nitrogens with one attached hydrogen (secondary N) is 1. The Morgan fingerprint density at radius 2 is 2.07 bits per heavy atom. The lowest BCUT2D eigenvalue weighted by Gasteiger charge is -2.28. The van der Waals surface area contributed by atoms with Crippen molar-refractivity contribution in [3.05, 3.63) is 10.6 Å². The Balaban J connectivity index is 2.11. The summed E-state index contributed by atoms with van der Waals surface area (Å²) in [6, 6.07) is 0.569. The summed E-state index contributed by atoms with van der Waals surface area (Å²) in [5, 5.41) is 7.89. The van der Waals surface area contributed by atoms with E-state index in [2.05, 4.69) is 21.0 Å². The molecule has 1 aromatic rings. The number of thioether (sulfide) groups is 1. The smallest absolute Gasteiger partial charge is 0.195 e. The van der Waals surface area contributed by atoms with Crippen molar-refractivity contribution in [2.75, 3.05) is 6.26 Å². The van der Waals surface area contributed by atoms with Crippen LogP contribution in [0.1, 0.15) is 37.5 Å². The fourth-order valence-electron chi connectivity index (χ4n) is 2.35. The molecule has 0 radical (unpaired) electrons. The van der Waals surface area contributed by atoms with Gasteiger partial charge in [0.1, 0.15) is 5.82 Å². The first-order chi connectivity index (χ1) is 7.22. The predicted molar refractivity (Wildman–Crippen MR) is 67.0 cm³/mol. The molecule has 84 valence electrons. The van der Waals surface area contributed by atoms with Crippen molar-refractivity contribution in [1.82, 2.24) is 14.8 Å². The first-order valence-corrected chi connectivity index (χ1v) is 7.08. The van der Waals surface area contributed by atoms with Crippen molar-refractivity contribution in [3.8, 4) is 0 Å². The van der Waals surface area contributed by atoms with Gasteiger partial charge in [0.2, 0.25) is 0 Å². The van der Waals surface area contributed by atoms with Gasteiger partial charge in [0.25, 0.3) is 0 Å². The highest BCUT2D eigenvalue weighted by atomic mass is 32.2. The zero-order chi connectivity index (χ0) is 10.8. The predicted octanol–water partition coefficient (Wildman–Crippen LogP) is 3.10. The summed E-state index contributed by atoms with van der Waals surface area (Å²) in [5.41, 5.74) is 0. The second-order valence-corrected chi connectivity index (χ2v) is 5.64. The lowest BCUT2D eigenvalue weighted by molar-refractivity contribution is 0.352. The number of hydrogen-bond acceptors (Lipinski definition) is 3. The highest BCUT2D eigenvalue weighted by Gasteiger charge is 2.23. The van der Waals surface area contributed by atoms with Crippen LogP contribution in [0, 0.1) is 11.7 Å². The van der Waals surface area contributed by atoms with Gasteiger partial charge in [-0.3, -0.25) is 5.10 Å². The summed E-state index contributed by atoms with van der Waals surface area (Å²) in [5.74, 6) is 1.02. The molecule has 1 N–H and O–H groups in total. The molecule has 2 rings (SSSR count). The summed E-state index contributed by atoms with van der Waals surface area (Å²) in [6.45, 7) is 2.02. The van der Waals surface area contributed by atoms with Crippen LogP contribution in [0.2, 0.25) is 0 Å². The third-order valence-corrected chi connectivity index (χ3v) is 4.65. The fourth-order valence-corrected chi connectivity index (χ4v) is 3.42. The molecule has 1 aliphatic carbocycles. The molecular weight excluding hydrogens is 226 g/mol. The van der Waals surface area contributed by atoms with Crippen LogP contribution in [-0.4, -0.2) is 26.3 Å². The number of aromatic nitrogens is 3. The average molecular weight is 243 g/mol. The Kier molecular flexibility index (Phi) is 3.51. The highest BCUT2D eigenvalue weighted by Crippen LogP contribution is 2.33. The van der Waals surface area contributed by atoms with E-state index in [0.29, 0.717) is 6.04 Å². The van der Waals surface area contributed by atoms with Gasteiger partial charge in [-0.05, 0) is 51.1 Å². The summed E-state index contributed by atoms with van der Waals surface area (Å²) >= 11 is 7.25. The molecule has 0 aliphatic heterocycles. The monoisotopic (exact) mass is 243 g/mol. The van der Waals surface area contributed by atoms with Crippen LogP contribution in [0.4, 0.5) is 0 Å². The van der Waals surface area contributed by atoms with Crippen LogP contribution in [0.15, 0.2) is 0 Å². The summed E-state index contributed by atoms with van der Waals surface area (Å²) in [7, 11) is 0. The number of aromatic amines is 1. The maximum absolute atomic E-state index is 5.25. The van der Waals surface area contributed by atoms with E-state index in [1.165, 1.54) is 25.7 Å². The zero-order valence-corrected chi connectivity index (χ0v) is 10.8. The van der Waals surface area contributed by atoms with E-state index in [1.54, 1.807) is 0 Å². The van der Waals surface area contributed by atoms with E-state index in [4.69, 9.17) is 12.2 Å². The molecule has 3 nitrogen and oxygen atoms in total. The molecule has 0 spiro atoms. The molecule has 1 aromatic heterocycles. The van der Waals surface area contributed by atoms with E-state index in [0.717, 1.165) is 15.8 Å². The SMILES string of the molecule is CSC1CCC(n2c(C)n[nH]c2=S)CC1. The molecule has 0 amide bonds. The molecule has 1 aliphatic rings. The maximum Gasteiger partial charge on any atom is 0.195 e. The topological polar surface area (TPSA) is 33.6 Å². The largest absolute Gasteiger partial charge is 0.301 e. The van der Waals surface area contributed by atoms with Gasteiger partial charge in [0.05, 0.1) is 0 Å². The third kappa shape index (κ3) is 2.28. The molecule has 1 fully saturated rings. The Hall–Kier alpha value is -0.290. The second-order valence-electron chi connectivity index (χ2n) is 4.11. The lowest BCUT2D eigenvalue weighted by atomic mass is 9.95. The summed E-state index contributed by atoms with van der Waals surface area (Å²) in [4.78, 5) is 0. The van der Waals surface area contributed by atoms with Crippen molar-refractivity contribution in [3.63, 3.8) is 0 Å². The molecular formula is C10H17N3S2. The Labute approximate surface area is 99.7 Å². The molecule has 1 heterocycles. The highest BCUT2D eigenvalue weighted by molar-refractivity contribution is 7.99. The van der Waals surface area contributed by atoms with Gasteiger partial charge in [-0.2, -0.15) is 16.9 Å². The normalized spacial score (nSPS) is 26.8. The Morgan fingerprint density at radius 1 is 1.40 bits per heavy atom. The molecule has 5 heteroatoms. The number of hydrogen-bond donors (Lipinski definition) is 1. The van der Waals surface area contributed by atoms with Crippen LogP contribution < -0.4 is 0 Å². The number of rotatable bonds is 2. The molecule has 1 saturated carbocycles. The standard InChI is InChI=1S/C10H17N3S2/c1-7-11-12-10(14)13(7)8-3-5-9(15-2)6-4-8/h8-9H,3-6H2,1-2H3,(H,12,14). The van der Waals surface area contributed by atoms with Gasteiger partial charge in [0, 0.05) is 11.3 Å². The van der Waals surface area contributed by atoms with E-state index in [1.807, 2.05) is 18.7 Å². The minimum atomic E-state index is 0.569. The Bertz CT molecular complexity index is 374. The van der Waals surface area contributed by atoms with Crippen molar-refractivity contribution in [2.45, 2.75) is 43.9 Å². The van der Waals surface area contributed by atoms with Gasteiger partial charge < -0.3 is 4.57 Å². The summed E-state index contributed by atoms with van der Waals surface area (Å²) in [6.07, 6.45) is 7.29. The molecule has 0 aromatic carbocycles. The molecule has 0 atom stereocenters. The lowest BCUT2D eigenvalue weighted by Crippen LogP contribution is -2.20. The summed E-state index contributed by atoms with van der Waals surface area (Å²) < 4.78 is 2.96. The minimum Gasteiger partial charge on any atom is -0.301 e. The van der Waals surface area contributed by atoms with Gasteiger partial charge in [-0.15, -0.1) is 0 Å². The van der Waals surface area contributed by atoms with E-state index in [-0.39, 0.29) is 0 Å². The minimum absolute atomic E-state index is 0.569. The van der Waals surface area contributed by atoms with E-state index in [9.17, 15) is 0 Å². The van der Waals surface area contributed by atoms with Crippen LogP contribution in [0.3, 0.4) is 0 Å². The Morgan fingerprint density at radius 3 is 2.53 bits per heavy atom. The van der Waals surface area contributed by atoms with Gasteiger partial charge in [0.15, 0.2) is 4.77 Å². The van der Waals surface area contributed by atoms with E-state index < -0.39 is 0 Å². The number of H-pyrrole nitrogens is 1. The number of aryl methyl sites for hydroxylation is 1. The van der Waals surface area contributed by atoms with Crippen molar-refractivity contribution in [1.29, 1.82) is 0 Å². The first kappa shape index (κ1) is 11.2. The maximum atomic E-state index is 5.25. The fraction of sp³-hybridized carbons (Fsp3) is 0.800.